The minimum atomic E-state index is -3.84. The molecule has 1 aromatic carbocycles. The zero-order chi connectivity index (χ0) is 19.8. The van der Waals surface area contributed by atoms with Gasteiger partial charge in [-0.25, -0.2) is 13.1 Å². The molecule has 3 rings (SSSR count). The number of aryl methyl sites for hydroxylation is 2. The Morgan fingerprint density at radius 2 is 1.89 bits per heavy atom. The number of nitrogens with zero attached hydrogens (tertiary/aromatic N) is 3. The Balaban J connectivity index is 1.76. The van der Waals surface area contributed by atoms with Crippen molar-refractivity contribution in [1.29, 1.82) is 0 Å². The lowest BCUT2D eigenvalue weighted by Gasteiger charge is -2.08. The molecule has 1 amide bonds. The highest BCUT2D eigenvalue weighted by Crippen LogP contribution is 2.23. The molecule has 2 heterocycles. The summed E-state index contributed by atoms with van der Waals surface area (Å²) in [5, 5.41) is 10.5. The van der Waals surface area contributed by atoms with Crippen molar-refractivity contribution in [2.45, 2.75) is 18.7 Å². The van der Waals surface area contributed by atoms with Gasteiger partial charge in [-0.1, -0.05) is 5.16 Å². The standard InChI is InChI=1S/C16H16IN5O4S/c1-9-10(2)20-26-16(9)21-27(24,25)12-6-4-11(5-7-12)19-15(23)14-13(17)8-18-22(14)3/h4-8,21H,1-3H3,(H,19,23). The first-order chi connectivity index (χ1) is 12.7. The van der Waals surface area contributed by atoms with E-state index in [1.54, 1.807) is 27.1 Å². The van der Waals surface area contributed by atoms with Crippen LogP contribution >= 0.6 is 22.6 Å². The van der Waals surface area contributed by atoms with Gasteiger partial charge >= 0.3 is 0 Å². The molecule has 0 saturated heterocycles. The Bertz CT molecular complexity index is 1080. The van der Waals surface area contributed by atoms with Crippen molar-refractivity contribution in [3.05, 3.63) is 51.0 Å². The summed E-state index contributed by atoms with van der Waals surface area (Å²) in [4.78, 5) is 12.4. The summed E-state index contributed by atoms with van der Waals surface area (Å²) in [5.74, 6) is -0.253. The van der Waals surface area contributed by atoms with Gasteiger partial charge in [0, 0.05) is 18.3 Å². The van der Waals surface area contributed by atoms with Crippen LogP contribution in [0.2, 0.25) is 0 Å². The topological polar surface area (TPSA) is 119 Å². The summed E-state index contributed by atoms with van der Waals surface area (Å²) in [5.41, 5.74) is 2.11. The SMILES string of the molecule is Cc1noc(NS(=O)(=O)c2ccc(NC(=O)c3c(I)cnn3C)cc2)c1C. The van der Waals surface area contributed by atoms with E-state index in [0.29, 0.717) is 26.2 Å². The number of anilines is 2. The van der Waals surface area contributed by atoms with E-state index < -0.39 is 10.0 Å². The molecular weight excluding hydrogens is 485 g/mol. The Hall–Kier alpha value is -2.41. The quantitative estimate of drug-likeness (QED) is 0.519. The number of aromatic nitrogens is 3. The van der Waals surface area contributed by atoms with Crippen LogP contribution in [0.4, 0.5) is 11.6 Å². The number of benzene rings is 1. The van der Waals surface area contributed by atoms with E-state index in [9.17, 15) is 13.2 Å². The van der Waals surface area contributed by atoms with E-state index in [1.165, 1.54) is 28.9 Å². The third-order valence-electron chi connectivity index (χ3n) is 3.92. The van der Waals surface area contributed by atoms with Crippen molar-refractivity contribution in [2.24, 2.45) is 7.05 Å². The first-order valence-corrected chi connectivity index (χ1v) is 10.3. The van der Waals surface area contributed by atoms with E-state index >= 15 is 0 Å². The van der Waals surface area contributed by atoms with Crippen molar-refractivity contribution in [2.75, 3.05) is 10.0 Å². The molecule has 2 aromatic heterocycles. The minimum Gasteiger partial charge on any atom is -0.337 e. The zero-order valence-electron chi connectivity index (χ0n) is 14.6. The Kier molecular flexibility index (Phi) is 5.24. The second-order valence-corrected chi connectivity index (χ2v) is 8.62. The Labute approximate surface area is 169 Å². The van der Waals surface area contributed by atoms with Crippen molar-refractivity contribution < 1.29 is 17.7 Å². The molecule has 0 saturated carbocycles. The molecule has 9 nitrogen and oxygen atoms in total. The maximum absolute atomic E-state index is 12.5. The molecule has 27 heavy (non-hydrogen) atoms. The predicted octanol–water partition coefficient (Wildman–Crippen LogP) is 2.68. The molecule has 0 aliphatic heterocycles. The maximum atomic E-state index is 12.5. The highest BCUT2D eigenvalue weighted by molar-refractivity contribution is 14.1. The fourth-order valence-electron chi connectivity index (χ4n) is 2.27. The molecule has 0 spiro atoms. The van der Waals surface area contributed by atoms with Crippen LogP contribution in [0.15, 0.2) is 39.9 Å². The summed E-state index contributed by atoms with van der Waals surface area (Å²) in [6, 6.07) is 5.80. The van der Waals surface area contributed by atoms with E-state index in [4.69, 9.17) is 4.52 Å². The Morgan fingerprint density at radius 3 is 2.41 bits per heavy atom. The van der Waals surface area contributed by atoms with Crippen molar-refractivity contribution >= 4 is 50.1 Å². The lowest BCUT2D eigenvalue weighted by atomic mass is 10.3. The number of sulfonamides is 1. The summed E-state index contributed by atoms with van der Waals surface area (Å²) < 4.78 is 34.5. The van der Waals surface area contributed by atoms with Gasteiger partial charge in [-0.3, -0.25) is 9.48 Å². The monoisotopic (exact) mass is 501 g/mol. The van der Waals surface area contributed by atoms with Crippen LogP contribution < -0.4 is 10.0 Å². The van der Waals surface area contributed by atoms with Crippen LogP contribution in [0.1, 0.15) is 21.7 Å². The first-order valence-electron chi connectivity index (χ1n) is 7.73. The minimum absolute atomic E-state index is 0.0315. The fourth-order valence-corrected chi connectivity index (χ4v) is 4.03. The summed E-state index contributed by atoms with van der Waals surface area (Å²) in [6.07, 6.45) is 1.59. The highest BCUT2D eigenvalue weighted by Gasteiger charge is 2.20. The molecule has 0 aliphatic carbocycles. The highest BCUT2D eigenvalue weighted by atomic mass is 127. The number of amides is 1. The number of carbonyl (C=O) groups excluding carboxylic acids is 1. The number of carbonyl (C=O) groups is 1. The summed E-state index contributed by atoms with van der Waals surface area (Å²) in [7, 11) is -2.16. The molecule has 0 radical (unpaired) electrons. The first kappa shape index (κ1) is 19.4. The van der Waals surface area contributed by atoms with Gasteiger partial charge in [0.25, 0.3) is 15.9 Å². The third-order valence-corrected chi connectivity index (χ3v) is 6.05. The molecule has 2 N–H and O–H groups in total. The van der Waals surface area contributed by atoms with Crippen LogP contribution in [0.5, 0.6) is 0 Å². The normalized spacial score (nSPS) is 11.4. The lowest BCUT2D eigenvalue weighted by molar-refractivity contribution is 0.101. The largest absolute Gasteiger partial charge is 0.337 e. The summed E-state index contributed by atoms with van der Waals surface area (Å²) >= 11 is 2.02. The molecule has 0 aliphatic rings. The summed E-state index contributed by atoms with van der Waals surface area (Å²) in [6.45, 7) is 3.43. The van der Waals surface area contributed by atoms with Crippen molar-refractivity contribution in [1.82, 2.24) is 14.9 Å². The smallest absolute Gasteiger partial charge is 0.275 e. The third kappa shape index (κ3) is 3.98. The second kappa shape index (κ2) is 7.31. The van der Waals surface area contributed by atoms with E-state index in [0.717, 1.165) is 0 Å². The lowest BCUT2D eigenvalue weighted by Crippen LogP contribution is -2.17. The van der Waals surface area contributed by atoms with Gasteiger partial charge in [0.05, 0.1) is 20.4 Å². The molecule has 0 atom stereocenters. The van der Waals surface area contributed by atoms with Crippen LogP contribution in [-0.4, -0.2) is 29.3 Å². The van der Waals surface area contributed by atoms with Crippen LogP contribution in [0.25, 0.3) is 0 Å². The zero-order valence-corrected chi connectivity index (χ0v) is 17.6. The molecule has 11 heteroatoms. The van der Waals surface area contributed by atoms with Crippen molar-refractivity contribution in [3.8, 4) is 0 Å². The number of hydrogen-bond donors (Lipinski definition) is 2. The van der Waals surface area contributed by atoms with Crippen LogP contribution in [0, 0.1) is 17.4 Å². The average molecular weight is 501 g/mol. The molecule has 0 bridgehead atoms. The van der Waals surface area contributed by atoms with Crippen molar-refractivity contribution in [3.63, 3.8) is 0 Å². The van der Waals surface area contributed by atoms with Gasteiger partial charge in [-0.15, -0.1) is 0 Å². The number of nitrogens with one attached hydrogen (secondary N) is 2. The number of hydrogen-bond acceptors (Lipinski definition) is 6. The van der Waals surface area contributed by atoms with Gasteiger partial charge in [0.2, 0.25) is 5.88 Å². The van der Waals surface area contributed by atoms with Crippen LogP contribution in [0.3, 0.4) is 0 Å². The van der Waals surface area contributed by atoms with Gasteiger partial charge in [0.15, 0.2) is 0 Å². The average Bonchev–Trinajstić information content (AvgIpc) is 3.11. The molecule has 142 valence electrons. The van der Waals surface area contributed by atoms with E-state index in [1.807, 2.05) is 22.6 Å². The van der Waals surface area contributed by atoms with E-state index in [-0.39, 0.29) is 16.7 Å². The van der Waals surface area contributed by atoms with Gasteiger partial charge in [0.1, 0.15) is 5.69 Å². The number of rotatable bonds is 5. The maximum Gasteiger partial charge on any atom is 0.275 e. The molecule has 3 aromatic rings. The molecule has 0 unspecified atom stereocenters. The predicted molar refractivity (Wildman–Crippen MR) is 107 cm³/mol. The van der Waals surface area contributed by atoms with Gasteiger partial charge < -0.3 is 9.84 Å². The van der Waals surface area contributed by atoms with E-state index in [2.05, 4.69) is 20.3 Å². The molecule has 0 fully saturated rings. The van der Waals surface area contributed by atoms with Crippen LogP contribution in [-0.2, 0) is 17.1 Å². The number of halogens is 1. The second-order valence-electron chi connectivity index (χ2n) is 5.77. The fraction of sp³-hybridized carbons (Fsp3) is 0.188. The van der Waals surface area contributed by atoms with Gasteiger partial charge in [-0.2, -0.15) is 5.10 Å². The van der Waals surface area contributed by atoms with Gasteiger partial charge in [-0.05, 0) is 60.7 Å². The Morgan fingerprint density at radius 1 is 1.22 bits per heavy atom. The molecular formula is C16H16IN5O4S.